The van der Waals surface area contributed by atoms with E-state index in [0.717, 1.165) is 29.7 Å². The molecule has 0 unspecified atom stereocenters. The number of nitriles is 1. The molecule has 3 N–H and O–H groups in total. The van der Waals surface area contributed by atoms with Crippen molar-refractivity contribution >= 4 is 17.8 Å². The van der Waals surface area contributed by atoms with Crippen molar-refractivity contribution in [1.82, 2.24) is 10.2 Å². The van der Waals surface area contributed by atoms with E-state index in [0.29, 0.717) is 25.0 Å². The van der Waals surface area contributed by atoms with Gasteiger partial charge in [0.1, 0.15) is 5.75 Å². The summed E-state index contributed by atoms with van der Waals surface area (Å²) in [5.41, 5.74) is 8.05. The number of hydrogen-bond acceptors (Lipinski definition) is 6. The van der Waals surface area contributed by atoms with Crippen LogP contribution in [0.1, 0.15) is 85.9 Å². The van der Waals surface area contributed by atoms with E-state index in [2.05, 4.69) is 11.4 Å². The van der Waals surface area contributed by atoms with Crippen molar-refractivity contribution in [2.75, 3.05) is 6.61 Å². The predicted molar refractivity (Wildman–Crippen MR) is 137 cm³/mol. The van der Waals surface area contributed by atoms with Gasteiger partial charge in [-0.25, -0.2) is 4.99 Å². The average molecular weight is 488 g/mol. The Morgan fingerprint density at radius 3 is 2.78 bits per heavy atom. The third-order valence-corrected chi connectivity index (χ3v) is 7.30. The van der Waals surface area contributed by atoms with Crippen LogP contribution >= 0.6 is 0 Å². The first-order valence-corrected chi connectivity index (χ1v) is 12.6. The Bertz CT molecular complexity index is 1200. The number of ether oxygens (including phenoxy) is 1. The Morgan fingerprint density at radius 2 is 2.06 bits per heavy atom. The van der Waals surface area contributed by atoms with Crippen molar-refractivity contribution in [3.8, 4) is 11.8 Å². The lowest BCUT2D eigenvalue weighted by molar-refractivity contribution is -0.131. The monoisotopic (exact) mass is 487 g/mol. The van der Waals surface area contributed by atoms with Gasteiger partial charge in [0, 0.05) is 24.0 Å². The Balaban J connectivity index is 1.61. The summed E-state index contributed by atoms with van der Waals surface area (Å²) in [6.07, 6.45) is 3.02. The lowest BCUT2D eigenvalue weighted by Crippen LogP contribution is -2.52. The Hall–Kier alpha value is -3.86. The van der Waals surface area contributed by atoms with Crippen LogP contribution < -0.4 is 15.8 Å². The average Bonchev–Trinajstić information content (AvgIpc) is 2.90. The summed E-state index contributed by atoms with van der Waals surface area (Å²) >= 11 is 0. The molecule has 0 spiro atoms. The molecule has 0 radical (unpaired) electrons. The summed E-state index contributed by atoms with van der Waals surface area (Å²) in [4.78, 5) is 32.8. The number of para-hydroxylation sites is 1. The number of nitrogens with zero attached hydrogens (tertiary/aromatic N) is 3. The molecule has 2 aromatic carbocycles. The highest BCUT2D eigenvalue weighted by Gasteiger charge is 2.40. The molecule has 0 saturated heterocycles. The molecule has 188 valence electrons. The molecule has 36 heavy (non-hydrogen) atoms. The fourth-order valence-electron chi connectivity index (χ4n) is 5.09. The van der Waals surface area contributed by atoms with Crippen molar-refractivity contribution < 1.29 is 14.3 Å². The molecule has 2 aliphatic rings. The van der Waals surface area contributed by atoms with E-state index in [1.165, 1.54) is 4.90 Å². The molecule has 2 aromatic rings. The quantitative estimate of drug-likeness (QED) is 0.572. The number of guanidine groups is 1. The maximum atomic E-state index is 13.3. The van der Waals surface area contributed by atoms with E-state index in [1.807, 2.05) is 44.2 Å². The summed E-state index contributed by atoms with van der Waals surface area (Å²) in [7, 11) is 0. The van der Waals surface area contributed by atoms with Gasteiger partial charge in [0.25, 0.3) is 5.91 Å². The Morgan fingerprint density at radius 1 is 1.28 bits per heavy atom. The van der Waals surface area contributed by atoms with Gasteiger partial charge in [-0.15, -0.1) is 0 Å². The van der Waals surface area contributed by atoms with E-state index >= 15 is 0 Å². The summed E-state index contributed by atoms with van der Waals surface area (Å²) in [5, 5.41) is 12.4. The van der Waals surface area contributed by atoms with Gasteiger partial charge in [0.2, 0.25) is 5.91 Å². The number of hydrogen-bond donors (Lipinski definition) is 2. The lowest BCUT2D eigenvalue weighted by atomic mass is 9.87. The van der Waals surface area contributed by atoms with Crippen LogP contribution in [0.4, 0.5) is 0 Å². The SMILES string of the molecule is CCC1(CC)CC(=O)N([C@H](CCC#N)c2cccc(C(=O)N[C@H]3CCOc4ccccc43)c2)C(N)=N1. The zero-order valence-corrected chi connectivity index (χ0v) is 20.9. The first-order chi connectivity index (χ1) is 17.4. The number of benzene rings is 2. The highest BCUT2D eigenvalue weighted by Crippen LogP contribution is 2.36. The number of nitrogens with one attached hydrogen (secondary N) is 1. The zero-order chi connectivity index (χ0) is 25.7. The maximum Gasteiger partial charge on any atom is 0.251 e. The fraction of sp³-hybridized carbons (Fsp3) is 0.429. The maximum absolute atomic E-state index is 13.3. The molecule has 0 aromatic heterocycles. The predicted octanol–water partition coefficient (Wildman–Crippen LogP) is 4.39. The number of carbonyl (C=O) groups is 2. The second-order valence-corrected chi connectivity index (χ2v) is 9.38. The first-order valence-electron chi connectivity index (χ1n) is 12.6. The number of amides is 2. The molecule has 8 heteroatoms. The molecular weight excluding hydrogens is 454 g/mol. The second kappa shape index (κ2) is 10.8. The van der Waals surface area contributed by atoms with E-state index in [4.69, 9.17) is 15.5 Å². The normalized spacial score (nSPS) is 19.4. The third kappa shape index (κ3) is 5.06. The molecule has 2 aliphatic heterocycles. The van der Waals surface area contributed by atoms with Crippen LogP contribution in [0, 0.1) is 11.3 Å². The summed E-state index contributed by atoms with van der Waals surface area (Å²) in [6.45, 7) is 4.55. The van der Waals surface area contributed by atoms with Gasteiger partial charge in [0.15, 0.2) is 5.96 Å². The molecule has 2 atom stereocenters. The molecular formula is C28H33N5O3. The smallest absolute Gasteiger partial charge is 0.251 e. The standard InChI is InChI=1S/C28H33N5O3/c1-3-28(4-2)18-25(34)33(27(30)32-28)23(12-8-15-29)19-9-7-10-20(17-19)26(35)31-22-14-16-36-24-13-6-5-11-21(22)24/h5-7,9-11,13,17,22-23H,3-4,8,12,14,16,18H2,1-2H3,(H2,30,32)(H,31,35)/t22-,23+/m0/s1. The van der Waals surface area contributed by atoms with Gasteiger partial charge in [-0.1, -0.05) is 44.2 Å². The topological polar surface area (TPSA) is 121 Å². The van der Waals surface area contributed by atoms with E-state index in [-0.39, 0.29) is 36.7 Å². The van der Waals surface area contributed by atoms with Gasteiger partial charge in [-0.3, -0.25) is 14.5 Å². The molecule has 0 aliphatic carbocycles. The minimum Gasteiger partial charge on any atom is -0.493 e. The summed E-state index contributed by atoms with van der Waals surface area (Å²) in [6, 6.07) is 16.4. The molecule has 0 bridgehead atoms. The van der Waals surface area contributed by atoms with E-state index in [9.17, 15) is 14.9 Å². The van der Waals surface area contributed by atoms with E-state index < -0.39 is 11.6 Å². The van der Waals surface area contributed by atoms with Crippen molar-refractivity contribution in [2.45, 2.75) is 70.0 Å². The van der Waals surface area contributed by atoms with Crippen LogP contribution in [-0.2, 0) is 4.79 Å². The van der Waals surface area contributed by atoms with Gasteiger partial charge in [-0.05, 0) is 43.0 Å². The molecule has 8 nitrogen and oxygen atoms in total. The van der Waals surface area contributed by atoms with Crippen LogP contribution in [-0.4, -0.2) is 34.8 Å². The minimum absolute atomic E-state index is 0.109. The highest BCUT2D eigenvalue weighted by molar-refractivity contribution is 6.00. The number of nitrogens with two attached hydrogens (primary N) is 1. The summed E-state index contributed by atoms with van der Waals surface area (Å²) < 4.78 is 5.71. The molecule has 2 heterocycles. The fourth-order valence-corrected chi connectivity index (χ4v) is 5.09. The number of carbonyl (C=O) groups excluding carboxylic acids is 2. The molecule has 0 fully saturated rings. The van der Waals surface area contributed by atoms with Gasteiger partial charge in [0.05, 0.1) is 36.7 Å². The Labute approximate surface area is 212 Å². The lowest BCUT2D eigenvalue weighted by Gasteiger charge is -2.40. The van der Waals surface area contributed by atoms with Crippen molar-refractivity contribution in [2.24, 2.45) is 10.7 Å². The zero-order valence-electron chi connectivity index (χ0n) is 20.9. The van der Waals surface area contributed by atoms with Gasteiger partial charge >= 0.3 is 0 Å². The third-order valence-electron chi connectivity index (χ3n) is 7.30. The molecule has 2 amide bonds. The number of fused-ring (bicyclic) bond motifs is 1. The van der Waals surface area contributed by atoms with Crippen LogP contribution in [0.15, 0.2) is 53.5 Å². The minimum atomic E-state index is -0.487. The molecule has 4 rings (SSSR count). The first kappa shape index (κ1) is 25.2. The van der Waals surface area contributed by atoms with Crippen LogP contribution in [0.5, 0.6) is 5.75 Å². The van der Waals surface area contributed by atoms with Crippen molar-refractivity contribution in [3.05, 3.63) is 65.2 Å². The van der Waals surface area contributed by atoms with Gasteiger partial charge in [-0.2, -0.15) is 5.26 Å². The largest absolute Gasteiger partial charge is 0.493 e. The van der Waals surface area contributed by atoms with Crippen molar-refractivity contribution in [3.63, 3.8) is 0 Å². The second-order valence-electron chi connectivity index (χ2n) is 9.38. The van der Waals surface area contributed by atoms with Crippen LogP contribution in [0.2, 0.25) is 0 Å². The summed E-state index contributed by atoms with van der Waals surface area (Å²) in [5.74, 6) is 0.641. The Kier molecular flexibility index (Phi) is 7.58. The van der Waals surface area contributed by atoms with Crippen LogP contribution in [0.25, 0.3) is 0 Å². The van der Waals surface area contributed by atoms with Crippen LogP contribution in [0.3, 0.4) is 0 Å². The highest BCUT2D eigenvalue weighted by atomic mass is 16.5. The van der Waals surface area contributed by atoms with Gasteiger partial charge < -0.3 is 15.8 Å². The van der Waals surface area contributed by atoms with Crippen molar-refractivity contribution in [1.29, 1.82) is 5.26 Å². The van der Waals surface area contributed by atoms with E-state index in [1.54, 1.807) is 18.2 Å². The number of rotatable bonds is 8. The number of aliphatic imine (C=N–C) groups is 1. The molecule has 0 saturated carbocycles.